The molecule has 0 fully saturated rings. The number of aryl methyl sites for hydroxylation is 3. The summed E-state index contributed by atoms with van der Waals surface area (Å²) < 4.78 is 1.16. The predicted molar refractivity (Wildman–Crippen MR) is 81.2 cm³/mol. The number of amides is 1. The van der Waals surface area contributed by atoms with Crippen LogP contribution in [0.25, 0.3) is 0 Å². The van der Waals surface area contributed by atoms with Crippen molar-refractivity contribution in [1.82, 2.24) is 14.7 Å². The third-order valence-electron chi connectivity index (χ3n) is 3.43. The highest BCUT2D eigenvalue weighted by molar-refractivity contribution is 5.91. The quantitative estimate of drug-likeness (QED) is 0.862. The van der Waals surface area contributed by atoms with E-state index in [0.29, 0.717) is 6.54 Å². The summed E-state index contributed by atoms with van der Waals surface area (Å²) in [6.45, 7) is 4.58. The smallest absolute Gasteiger partial charge is 0.274 e. The summed E-state index contributed by atoms with van der Waals surface area (Å²) in [5.41, 5.74) is 3.49. The van der Waals surface area contributed by atoms with Crippen molar-refractivity contribution in [2.24, 2.45) is 7.05 Å². The van der Waals surface area contributed by atoms with Gasteiger partial charge in [0.1, 0.15) is 5.69 Å². The highest BCUT2D eigenvalue weighted by atomic mass is 16.2. The molecule has 5 heteroatoms. The van der Waals surface area contributed by atoms with Crippen LogP contribution in [-0.4, -0.2) is 27.6 Å². The number of hydrogen-bond acceptors (Lipinski definition) is 3. The van der Waals surface area contributed by atoms with E-state index in [9.17, 15) is 9.59 Å². The van der Waals surface area contributed by atoms with Crippen LogP contribution in [0.1, 0.15) is 27.2 Å². The second kappa shape index (κ2) is 5.91. The maximum Gasteiger partial charge on any atom is 0.274 e. The molecule has 110 valence electrons. The standard InChI is InChI=1S/C16H19N3O2/c1-11-5-6-13(12(2)9-11)10-18(3)16(21)14-7-8-15(20)19(4)17-14/h5-9H,10H2,1-4H3. The molecule has 2 aromatic rings. The van der Waals surface area contributed by atoms with Gasteiger partial charge in [0.05, 0.1) is 0 Å². The summed E-state index contributed by atoms with van der Waals surface area (Å²) >= 11 is 0. The molecule has 0 aliphatic heterocycles. The SMILES string of the molecule is Cc1ccc(CN(C)C(=O)c2ccc(=O)n(C)n2)c(C)c1. The molecule has 0 unspecified atom stereocenters. The highest BCUT2D eigenvalue weighted by Gasteiger charge is 2.15. The van der Waals surface area contributed by atoms with E-state index in [4.69, 9.17) is 0 Å². The number of carbonyl (C=O) groups is 1. The summed E-state index contributed by atoms with van der Waals surface area (Å²) in [5, 5.41) is 3.98. The van der Waals surface area contributed by atoms with E-state index in [-0.39, 0.29) is 17.2 Å². The Hall–Kier alpha value is -2.43. The number of nitrogens with zero attached hydrogens (tertiary/aromatic N) is 3. The normalized spacial score (nSPS) is 10.5. The molecule has 1 aromatic carbocycles. The van der Waals surface area contributed by atoms with Crippen LogP contribution in [0.5, 0.6) is 0 Å². The molecule has 0 N–H and O–H groups in total. The van der Waals surface area contributed by atoms with E-state index in [0.717, 1.165) is 15.8 Å². The first kappa shape index (κ1) is 15.0. The van der Waals surface area contributed by atoms with Crippen molar-refractivity contribution in [3.8, 4) is 0 Å². The Morgan fingerprint density at radius 3 is 2.57 bits per heavy atom. The predicted octanol–water partition coefficient (Wildman–Crippen LogP) is 1.67. The molecule has 2 rings (SSSR count). The van der Waals surface area contributed by atoms with Crippen LogP contribution in [0.2, 0.25) is 0 Å². The van der Waals surface area contributed by atoms with Gasteiger partial charge in [-0.15, -0.1) is 0 Å². The largest absolute Gasteiger partial charge is 0.336 e. The van der Waals surface area contributed by atoms with Crippen molar-refractivity contribution in [2.45, 2.75) is 20.4 Å². The Bertz CT molecular complexity index is 735. The average molecular weight is 285 g/mol. The lowest BCUT2D eigenvalue weighted by Crippen LogP contribution is -2.30. The summed E-state index contributed by atoms with van der Waals surface area (Å²) in [6, 6.07) is 8.97. The number of rotatable bonds is 3. The van der Waals surface area contributed by atoms with Crippen LogP contribution in [0, 0.1) is 13.8 Å². The summed E-state index contributed by atoms with van der Waals surface area (Å²) in [4.78, 5) is 25.2. The molecular formula is C16H19N3O2. The molecule has 5 nitrogen and oxygen atoms in total. The number of carbonyl (C=O) groups excluding carboxylic acids is 1. The van der Waals surface area contributed by atoms with Crippen molar-refractivity contribution in [2.75, 3.05) is 7.05 Å². The first-order chi connectivity index (χ1) is 9.88. The second-order valence-corrected chi connectivity index (χ2v) is 5.27. The van der Waals surface area contributed by atoms with Gasteiger partial charge in [0.15, 0.2) is 0 Å². The minimum absolute atomic E-state index is 0.203. The Morgan fingerprint density at radius 2 is 1.95 bits per heavy atom. The topological polar surface area (TPSA) is 55.2 Å². The second-order valence-electron chi connectivity index (χ2n) is 5.27. The number of aromatic nitrogens is 2. The van der Waals surface area contributed by atoms with Crippen molar-refractivity contribution in [3.05, 3.63) is 63.1 Å². The van der Waals surface area contributed by atoms with E-state index in [1.807, 2.05) is 26.0 Å². The third kappa shape index (κ3) is 3.37. The van der Waals surface area contributed by atoms with E-state index in [1.165, 1.54) is 24.7 Å². The van der Waals surface area contributed by atoms with Gasteiger partial charge in [-0.05, 0) is 31.0 Å². The molecule has 0 atom stereocenters. The Morgan fingerprint density at radius 1 is 1.24 bits per heavy atom. The molecule has 1 heterocycles. The third-order valence-corrected chi connectivity index (χ3v) is 3.43. The zero-order valence-electron chi connectivity index (χ0n) is 12.8. The van der Waals surface area contributed by atoms with Gasteiger partial charge in [0.25, 0.3) is 11.5 Å². The molecule has 21 heavy (non-hydrogen) atoms. The molecule has 0 radical (unpaired) electrons. The average Bonchev–Trinajstić information content (AvgIpc) is 2.44. The monoisotopic (exact) mass is 285 g/mol. The molecule has 0 spiro atoms. The number of benzene rings is 1. The summed E-state index contributed by atoms with van der Waals surface area (Å²) in [6.07, 6.45) is 0. The first-order valence-electron chi connectivity index (χ1n) is 6.74. The van der Waals surface area contributed by atoms with Crippen LogP contribution in [-0.2, 0) is 13.6 Å². The molecule has 0 aliphatic carbocycles. The lowest BCUT2D eigenvalue weighted by molar-refractivity contribution is 0.0776. The molecule has 1 amide bonds. The maximum atomic E-state index is 12.3. The fraction of sp³-hybridized carbons (Fsp3) is 0.312. The van der Waals surface area contributed by atoms with Gasteiger partial charge in [0.2, 0.25) is 0 Å². The van der Waals surface area contributed by atoms with E-state index in [2.05, 4.69) is 11.2 Å². The fourth-order valence-corrected chi connectivity index (χ4v) is 2.16. The van der Waals surface area contributed by atoms with Gasteiger partial charge in [-0.1, -0.05) is 23.8 Å². The van der Waals surface area contributed by atoms with Crippen LogP contribution >= 0.6 is 0 Å². The zero-order valence-corrected chi connectivity index (χ0v) is 12.8. The van der Waals surface area contributed by atoms with E-state index in [1.54, 1.807) is 11.9 Å². The van der Waals surface area contributed by atoms with Gasteiger partial charge in [-0.3, -0.25) is 9.59 Å². The molecular weight excluding hydrogens is 266 g/mol. The van der Waals surface area contributed by atoms with Gasteiger partial charge >= 0.3 is 0 Å². The van der Waals surface area contributed by atoms with Gasteiger partial charge in [-0.25, -0.2) is 4.68 Å². The molecule has 0 saturated heterocycles. The molecule has 1 aromatic heterocycles. The molecule has 0 aliphatic rings. The Labute approximate surface area is 123 Å². The van der Waals surface area contributed by atoms with E-state index >= 15 is 0 Å². The fourth-order valence-electron chi connectivity index (χ4n) is 2.16. The van der Waals surface area contributed by atoms with Crippen molar-refractivity contribution in [1.29, 1.82) is 0 Å². The van der Waals surface area contributed by atoms with Crippen LogP contribution in [0.3, 0.4) is 0 Å². The minimum atomic E-state index is -0.233. The van der Waals surface area contributed by atoms with Crippen molar-refractivity contribution >= 4 is 5.91 Å². The van der Waals surface area contributed by atoms with E-state index < -0.39 is 0 Å². The maximum absolute atomic E-state index is 12.3. The van der Waals surface area contributed by atoms with Crippen molar-refractivity contribution in [3.63, 3.8) is 0 Å². The van der Waals surface area contributed by atoms with Crippen LogP contribution in [0.4, 0.5) is 0 Å². The lowest BCUT2D eigenvalue weighted by Gasteiger charge is -2.18. The Kier molecular flexibility index (Phi) is 4.21. The lowest BCUT2D eigenvalue weighted by atomic mass is 10.1. The van der Waals surface area contributed by atoms with Gasteiger partial charge < -0.3 is 4.90 Å². The number of hydrogen-bond donors (Lipinski definition) is 0. The summed E-state index contributed by atoms with van der Waals surface area (Å²) in [7, 11) is 3.26. The van der Waals surface area contributed by atoms with Crippen LogP contribution in [0.15, 0.2) is 35.1 Å². The highest BCUT2D eigenvalue weighted by Crippen LogP contribution is 2.13. The molecule has 0 bridgehead atoms. The molecule has 0 saturated carbocycles. The zero-order chi connectivity index (χ0) is 15.6. The van der Waals surface area contributed by atoms with Gasteiger partial charge in [-0.2, -0.15) is 5.10 Å². The van der Waals surface area contributed by atoms with Gasteiger partial charge in [0, 0.05) is 26.7 Å². The summed E-state index contributed by atoms with van der Waals surface area (Å²) in [5.74, 6) is -0.203. The van der Waals surface area contributed by atoms with Crippen LogP contribution < -0.4 is 5.56 Å². The first-order valence-corrected chi connectivity index (χ1v) is 6.74. The Balaban J connectivity index is 2.19. The van der Waals surface area contributed by atoms with Crippen molar-refractivity contribution < 1.29 is 4.79 Å². The minimum Gasteiger partial charge on any atom is -0.336 e.